The molecule has 1 saturated carbocycles. The molecule has 2 aliphatic rings. The molecule has 108 valence electrons. The van der Waals surface area contributed by atoms with Gasteiger partial charge in [-0.05, 0) is 41.5 Å². The number of hydrogen-bond donors (Lipinski definition) is 1. The minimum atomic E-state index is 0.161. The number of nitrogens with zero attached hydrogens (tertiary/aromatic N) is 1. The number of hydrogen-bond acceptors (Lipinski definition) is 2. The second-order valence-corrected chi connectivity index (χ2v) is 6.40. The Morgan fingerprint density at radius 1 is 1.05 bits per heavy atom. The van der Waals surface area contributed by atoms with Gasteiger partial charge in [-0.1, -0.05) is 36.4 Å². The van der Waals surface area contributed by atoms with Gasteiger partial charge in [-0.15, -0.1) is 0 Å². The van der Waals surface area contributed by atoms with Gasteiger partial charge >= 0.3 is 0 Å². The normalized spacial score (nSPS) is 28.0. The highest BCUT2D eigenvalue weighted by Gasteiger charge is 2.42. The molecule has 3 atom stereocenters. The van der Waals surface area contributed by atoms with Crippen LogP contribution in [0, 0.1) is 11.8 Å². The monoisotopic (exact) mass is 280 g/mol. The topological polar surface area (TPSA) is 46.3 Å². The summed E-state index contributed by atoms with van der Waals surface area (Å²) in [4.78, 5) is 14.9. The molecule has 0 aromatic heterocycles. The van der Waals surface area contributed by atoms with E-state index in [4.69, 9.17) is 5.73 Å². The maximum absolute atomic E-state index is 12.9. The first-order valence-electron chi connectivity index (χ1n) is 7.76. The Morgan fingerprint density at radius 3 is 2.71 bits per heavy atom. The molecule has 4 rings (SSSR count). The fourth-order valence-corrected chi connectivity index (χ4v) is 4.06. The Hall–Kier alpha value is -1.87. The summed E-state index contributed by atoms with van der Waals surface area (Å²) in [6.45, 7) is 1.70. The average molecular weight is 280 g/mol. The van der Waals surface area contributed by atoms with Crippen molar-refractivity contribution in [3.8, 4) is 0 Å². The van der Waals surface area contributed by atoms with Gasteiger partial charge in [0.2, 0.25) is 0 Å². The highest BCUT2D eigenvalue weighted by atomic mass is 16.2. The van der Waals surface area contributed by atoms with Gasteiger partial charge in [-0.25, -0.2) is 0 Å². The molecule has 0 bridgehead atoms. The third-order valence-electron chi connectivity index (χ3n) is 5.22. The number of rotatable bonds is 1. The van der Waals surface area contributed by atoms with Gasteiger partial charge in [-0.3, -0.25) is 4.79 Å². The zero-order valence-corrected chi connectivity index (χ0v) is 12.0. The summed E-state index contributed by atoms with van der Waals surface area (Å²) in [5.41, 5.74) is 6.99. The summed E-state index contributed by atoms with van der Waals surface area (Å²) >= 11 is 0. The van der Waals surface area contributed by atoms with Crippen LogP contribution >= 0.6 is 0 Å². The van der Waals surface area contributed by atoms with E-state index in [1.54, 1.807) is 0 Å². The van der Waals surface area contributed by atoms with Crippen LogP contribution in [-0.4, -0.2) is 29.9 Å². The standard InChI is InChI=1S/C18H20N2O/c19-17-9-8-13-10-20(11-16(13)17)18(21)15-7-3-5-12-4-1-2-6-14(12)15/h1-7,13,16-17H,8-11,19H2. The molecule has 2 fully saturated rings. The minimum Gasteiger partial charge on any atom is -0.338 e. The van der Waals surface area contributed by atoms with E-state index < -0.39 is 0 Å². The first kappa shape index (κ1) is 12.8. The molecule has 2 aromatic rings. The Balaban J connectivity index is 1.66. The van der Waals surface area contributed by atoms with Crippen molar-refractivity contribution >= 4 is 16.7 Å². The van der Waals surface area contributed by atoms with E-state index in [9.17, 15) is 4.79 Å². The average Bonchev–Trinajstić information content (AvgIpc) is 3.08. The lowest BCUT2D eigenvalue weighted by molar-refractivity contribution is 0.0781. The Kier molecular flexibility index (Phi) is 2.96. The van der Waals surface area contributed by atoms with Gasteiger partial charge in [0.1, 0.15) is 0 Å². The molecule has 0 radical (unpaired) electrons. The van der Waals surface area contributed by atoms with E-state index in [1.807, 2.05) is 35.2 Å². The molecule has 3 unspecified atom stereocenters. The smallest absolute Gasteiger partial charge is 0.254 e. The van der Waals surface area contributed by atoms with Crippen LogP contribution in [0.2, 0.25) is 0 Å². The summed E-state index contributed by atoms with van der Waals surface area (Å²) in [6.07, 6.45) is 2.29. The van der Waals surface area contributed by atoms with Crippen molar-refractivity contribution in [1.29, 1.82) is 0 Å². The van der Waals surface area contributed by atoms with Gasteiger partial charge in [0, 0.05) is 24.7 Å². The van der Waals surface area contributed by atoms with E-state index >= 15 is 0 Å². The zero-order chi connectivity index (χ0) is 14.4. The van der Waals surface area contributed by atoms with Crippen LogP contribution in [0.5, 0.6) is 0 Å². The Labute approximate surface area is 124 Å². The highest BCUT2D eigenvalue weighted by molar-refractivity contribution is 6.07. The van der Waals surface area contributed by atoms with Crippen LogP contribution in [0.4, 0.5) is 0 Å². The van der Waals surface area contributed by atoms with E-state index in [-0.39, 0.29) is 11.9 Å². The minimum absolute atomic E-state index is 0.161. The molecule has 3 nitrogen and oxygen atoms in total. The first-order valence-corrected chi connectivity index (χ1v) is 7.76. The van der Waals surface area contributed by atoms with E-state index in [0.717, 1.165) is 35.8 Å². The van der Waals surface area contributed by atoms with Crippen LogP contribution in [0.25, 0.3) is 10.8 Å². The van der Waals surface area contributed by atoms with Crippen LogP contribution in [0.3, 0.4) is 0 Å². The van der Waals surface area contributed by atoms with Gasteiger partial charge in [0.15, 0.2) is 0 Å². The third-order valence-corrected chi connectivity index (χ3v) is 5.22. The molecular weight excluding hydrogens is 260 g/mol. The lowest BCUT2D eigenvalue weighted by Gasteiger charge is -2.19. The van der Waals surface area contributed by atoms with Crippen molar-refractivity contribution in [1.82, 2.24) is 4.90 Å². The van der Waals surface area contributed by atoms with E-state index in [0.29, 0.717) is 11.8 Å². The highest BCUT2D eigenvalue weighted by Crippen LogP contribution is 2.38. The van der Waals surface area contributed by atoms with Gasteiger partial charge in [0.25, 0.3) is 5.91 Å². The fourth-order valence-electron chi connectivity index (χ4n) is 4.06. The van der Waals surface area contributed by atoms with Gasteiger partial charge in [-0.2, -0.15) is 0 Å². The van der Waals surface area contributed by atoms with Crippen LogP contribution in [-0.2, 0) is 0 Å². The maximum atomic E-state index is 12.9. The quantitative estimate of drug-likeness (QED) is 0.873. The number of carbonyl (C=O) groups excluding carboxylic acids is 1. The second kappa shape index (κ2) is 4.85. The lowest BCUT2D eigenvalue weighted by Crippen LogP contribution is -2.33. The summed E-state index contributed by atoms with van der Waals surface area (Å²) < 4.78 is 0. The number of amides is 1. The largest absolute Gasteiger partial charge is 0.338 e. The number of likely N-dealkylation sites (tertiary alicyclic amines) is 1. The predicted molar refractivity (Wildman–Crippen MR) is 84.0 cm³/mol. The first-order chi connectivity index (χ1) is 10.2. The molecule has 1 saturated heterocycles. The molecule has 1 aliphatic carbocycles. The molecule has 0 spiro atoms. The van der Waals surface area contributed by atoms with Crippen molar-refractivity contribution < 1.29 is 4.79 Å². The van der Waals surface area contributed by atoms with Crippen molar-refractivity contribution in [2.75, 3.05) is 13.1 Å². The molecule has 1 heterocycles. The van der Waals surface area contributed by atoms with Crippen LogP contribution in [0.1, 0.15) is 23.2 Å². The SMILES string of the molecule is NC1CCC2CN(C(=O)c3cccc4ccccc34)CC12. The van der Waals surface area contributed by atoms with Crippen LogP contribution in [0.15, 0.2) is 42.5 Å². The van der Waals surface area contributed by atoms with E-state index in [2.05, 4.69) is 12.1 Å². The summed E-state index contributed by atoms with van der Waals surface area (Å²) in [7, 11) is 0. The summed E-state index contributed by atoms with van der Waals surface area (Å²) in [6, 6.07) is 14.3. The van der Waals surface area contributed by atoms with Crippen molar-refractivity contribution in [2.24, 2.45) is 17.6 Å². The maximum Gasteiger partial charge on any atom is 0.254 e. The Bertz CT molecular complexity index is 691. The fraction of sp³-hybridized carbons (Fsp3) is 0.389. The van der Waals surface area contributed by atoms with Crippen molar-refractivity contribution in [3.63, 3.8) is 0 Å². The molecule has 3 heteroatoms. The van der Waals surface area contributed by atoms with Crippen LogP contribution < -0.4 is 5.73 Å². The molecule has 1 aliphatic heterocycles. The lowest BCUT2D eigenvalue weighted by atomic mass is 9.98. The Morgan fingerprint density at radius 2 is 1.86 bits per heavy atom. The summed E-state index contributed by atoms with van der Waals surface area (Å²) in [5.74, 6) is 1.27. The molecule has 2 aromatic carbocycles. The number of carbonyl (C=O) groups is 1. The predicted octanol–water partition coefficient (Wildman–Crippen LogP) is 2.65. The van der Waals surface area contributed by atoms with E-state index in [1.165, 1.54) is 6.42 Å². The van der Waals surface area contributed by atoms with Gasteiger partial charge in [0.05, 0.1) is 0 Å². The van der Waals surface area contributed by atoms with Crippen molar-refractivity contribution in [3.05, 3.63) is 48.0 Å². The number of nitrogens with two attached hydrogens (primary N) is 1. The van der Waals surface area contributed by atoms with Crippen molar-refractivity contribution in [2.45, 2.75) is 18.9 Å². The third kappa shape index (κ3) is 2.04. The number of benzene rings is 2. The molecule has 1 amide bonds. The molecule has 21 heavy (non-hydrogen) atoms. The number of fused-ring (bicyclic) bond motifs is 2. The zero-order valence-electron chi connectivity index (χ0n) is 12.0. The molecule has 2 N–H and O–H groups in total. The second-order valence-electron chi connectivity index (χ2n) is 6.40. The van der Waals surface area contributed by atoms with Gasteiger partial charge < -0.3 is 10.6 Å². The summed E-state index contributed by atoms with van der Waals surface area (Å²) in [5, 5.41) is 2.17. The molecular formula is C18H20N2O.